The van der Waals surface area contributed by atoms with E-state index in [9.17, 15) is 4.79 Å². The van der Waals surface area contributed by atoms with Gasteiger partial charge in [0, 0.05) is 0 Å². The molecule has 0 aliphatic rings. The van der Waals surface area contributed by atoms with Crippen molar-refractivity contribution in [1.29, 1.82) is 0 Å². The maximum absolute atomic E-state index is 11.7. The number of aromatic nitrogens is 4. The van der Waals surface area contributed by atoms with Gasteiger partial charge in [-0.25, -0.2) is 19.7 Å². The maximum Gasteiger partial charge on any atom is 0.413 e. The van der Waals surface area contributed by atoms with Gasteiger partial charge in [-0.15, -0.1) is 0 Å². The highest BCUT2D eigenvalue weighted by Gasteiger charge is 2.18. The molecule has 2 aromatic rings. The zero-order chi connectivity index (χ0) is 14.0. The molecule has 19 heavy (non-hydrogen) atoms. The number of amides is 1. The number of halogens is 1. The third-order valence-corrected chi connectivity index (χ3v) is 4.11. The molecule has 102 valence electrons. The third-order valence-electron chi connectivity index (χ3n) is 2.04. The summed E-state index contributed by atoms with van der Waals surface area (Å²) in [4.78, 5) is 24.1. The minimum absolute atomic E-state index is 0.354. The average Bonchev–Trinajstić information content (AvgIpc) is 2.70. The summed E-state index contributed by atoms with van der Waals surface area (Å²) in [5.74, 6) is 0.354. The average molecular weight is 393 g/mol. The van der Waals surface area contributed by atoms with E-state index in [-0.39, 0.29) is 0 Å². The normalized spacial score (nSPS) is 12.2. The quantitative estimate of drug-likeness (QED) is 0.627. The largest absolute Gasteiger partial charge is 0.444 e. The molecule has 9 heteroatoms. The van der Waals surface area contributed by atoms with Crippen LogP contribution in [-0.4, -0.2) is 31.0 Å². The Bertz CT molecular complexity index is 609. The fraction of sp³-hybridized carbons (Fsp3) is 0.400. The van der Waals surface area contributed by atoms with Crippen LogP contribution in [0.1, 0.15) is 20.8 Å². The van der Waals surface area contributed by atoms with E-state index in [2.05, 4.69) is 42.3 Å². The van der Waals surface area contributed by atoms with Crippen molar-refractivity contribution in [3.05, 3.63) is 12.7 Å². The standard InChI is InChI=1S/C10H13IN5O2P/c1-10(2,3)18-9(17)15-7-6-8(13-4-12-7)16(19-11)5-14-6/h4-5,19H,1-3H3,(H,12,13,15,17). The number of fused-ring (bicyclic) bond motifs is 1. The van der Waals surface area contributed by atoms with Crippen molar-refractivity contribution in [3.63, 3.8) is 0 Å². The Morgan fingerprint density at radius 2 is 2.16 bits per heavy atom. The van der Waals surface area contributed by atoms with E-state index in [4.69, 9.17) is 4.74 Å². The van der Waals surface area contributed by atoms with Crippen molar-refractivity contribution >= 4 is 51.5 Å². The Morgan fingerprint density at radius 1 is 1.42 bits per heavy atom. The predicted octanol–water partition coefficient (Wildman–Crippen LogP) is 2.96. The summed E-state index contributed by atoms with van der Waals surface area (Å²) in [6, 6.07) is 0. The first kappa shape index (κ1) is 14.4. The molecule has 1 atom stereocenters. The number of hydrogen-bond acceptors (Lipinski definition) is 5. The molecular weight excluding hydrogens is 380 g/mol. The summed E-state index contributed by atoms with van der Waals surface area (Å²) in [7, 11) is 0. The van der Waals surface area contributed by atoms with Gasteiger partial charge in [0.05, 0.1) is 6.37 Å². The van der Waals surface area contributed by atoms with Gasteiger partial charge in [0.2, 0.25) is 0 Å². The fourth-order valence-corrected chi connectivity index (χ4v) is 2.79. The fourth-order valence-electron chi connectivity index (χ4n) is 1.39. The van der Waals surface area contributed by atoms with E-state index in [1.54, 1.807) is 27.1 Å². The molecule has 0 aliphatic carbocycles. The Labute approximate surface area is 124 Å². The number of nitrogens with one attached hydrogen (secondary N) is 1. The van der Waals surface area contributed by atoms with Crippen LogP contribution in [0.25, 0.3) is 11.2 Å². The van der Waals surface area contributed by atoms with Gasteiger partial charge in [-0.2, -0.15) is 0 Å². The number of rotatable bonds is 2. The van der Waals surface area contributed by atoms with Gasteiger partial charge in [0.15, 0.2) is 17.0 Å². The molecule has 2 rings (SSSR count). The lowest BCUT2D eigenvalue weighted by Crippen LogP contribution is -2.27. The van der Waals surface area contributed by atoms with Crippen LogP contribution in [0.15, 0.2) is 12.7 Å². The smallest absolute Gasteiger partial charge is 0.413 e. The molecule has 0 aromatic carbocycles. The van der Waals surface area contributed by atoms with Crippen molar-refractivity contribution in [2.45, 2.75) is 26.4 Å². The molecule has 0 radical (unpaired) electrons. The van der Waals surface area contributed by atoms with Gasteiger partial charge < -0.3 is 4.74 Å². The second-order valence-corrected chi connectivity index (χ2v) is 6.82. The van der Waals surface area contributed by atoms with Gasteiger partial charge in [0.25, 0.3) is 0 Å². The van der Waals surface area contributed by atoms with Crippen molar-refractivity contribution in [2.24, 2.45) is 0 Å². The monoisotopic (exact) mass is 393 g/mol. The minimum atomic E-state index is -0.557. The number of hydrogen-bond donors (Lipinski definition) is 1. The molecule has 0 aliphatic heterocycles. The molecule has 0 saturated heterocycles. The highest BCUT2D eigenvalue weighted by molar-refractivity contribution is 14.2. The molecular formula is C10H13IN5O2P. The summed E-state index contributed by atoms with van der Waals surface area (Å²) in [5.41, 5.74) is 0.686. The molecule has 0 bridgehead atoms. The van der Waals surface area contributed by atoms with E-state index in [1.165, 1.54) is 6.33 Å². The highest BCUT2D eigenvalue weighted by atomic mass is 127. The second kappa shape index (κ2) is 5.54. The van der Waals surface area contributed by atoms with Crippen LogP contribution in [0.3, 0.4) is 0 Å². The summed E-state index contributed by atoms with van der Waals surface area (Å²) >= 11 is 2.23. The first-order valence-corrected chi connectivity index (χ1v) is 9.51. The third kappa shape index (κ3) is 3.50. The van der Waals surface area contributed by atoms with E-state index < -0.39 is 11.7 Å². The minimum Gasteiger partial charge on any atom is -0.444 e. The Kier molecular flexibility index (Phi) is 4.19. The zero-order valence-electron chi connectivity index (χ0n) is 10.6. The maximum atomic E-state index is 11.7. The number of nitrogens with zero attached hydrogens (tertiary/aromatic N) is 4. The molecule has 1 unspecified atom stereocenters. The van der Waals surface area contributed by atoms with Gasteiger partial charge >= 0.3 is 6.09 Å². The van der Waals surface area contributed by atoms with Gasteiger partial charge in [-0.3, -0.25) is 9.65 Å². The molecule has 2 heterocycles. The molecule has 0 spiro atoms. The van der Waals surface area contributed by atoms with Crippen molar-refractivity contribution in [1.82, 2.24) is 19.3 Å². The van der Waals surface area contributed by atoms with Gasteiger partial charge in [0.1, 0.15) is 18.3 Å². The van der Waals surface area contributed by atoms with Crippen LogP contribution in [0.5, 0.6) is 0 Å². The van der Waals surface area contributed by atoms with Crippen molar-refractivity contribution < 1.29 is 9.53 Å². The number of carbonyl (C=O) groups excluding carboxylic acids is 1. The number of ether oxygens (including phenoxy) is 1. The molecule has 7 nitrogen and oxygen atoms in total. The Hall–Kier alpha value is -1.02. The topological polar surface area (TPSA) is 81.9 Å². The van der Waals surface area contributed by atoms with E-state index >= 15 is 0 Å². The van der Waals surface area contributed by atoms with E-state index in [0.717, 1.165) is 0 Å². The van der Waals surface area contributed by atoms with Crippen molar-refractivity contribution in [3.8, 4) is 0 Å². The second-order valence-electron chi connectivity index (χ2n) is 4.72. The molecule has 0 saturated carbocycles. The number of anilines is 1. The summed E-state index contributed by atoms with van der Waals surface area (Å²) in [6.07, 6.45) is 2.99. The van der Waals surface area contributed by atoms with Crippen LogP contribution in [0.4, 0.5) is 10.6 Å². The van der Waals surface area contributed by atoms with Gasteiger partial charge in [-0.05, 0) is 42.8 Å². The van der Waals surface area contributed by atoms with Crippen LogP contribution < -0.4 is 5.32 Å². The van der Waals surface area contributed by atoms with Gasteiger partial charge in [-0.1, -0.05) is 0 Å². The molecule has 0 fully saturated rings. The van der Waals surface area contributed by atoms with Crippen molar-refractivity contribution in [2.75, 3.05) is 5.32 Å². The van der Waals surface area contributed by atoms with Crippen LogP contribution in [0, 0.1) is 0 Å². The highest BCUT2D eigenvalue weighted by Crippen LogP contribution is 2.29. The Balaban J connectivity index is 2.26. The SMILES string of the molecule is CC(C)(C)OC(=O)Nc1ncnc2c1ncn2PI. The molecule has 1 amide bonds. The molecule has 1 N–H and O–H groups in total. The van der Waals surface area contributed by atoms with E-state index in [0.29, 0.717) is 23.4 Å². The lowest BCUT2D eigenvalue weighted by Gasteiger charge is -2.19. The zero-order valence-corrected chi connectivity index (χ0v) is 13.8. The lowest BCUT2D eigenvalue weighted by atomic mass is 10.2. The predicted molar refractivity (Wildman–Crippen MR) is 82.9 cm³/mol. The number of carbonyl (C=O) groups is 1. The van der Waals surface area contributed by atoms with Crippen LogP contribution in [-0.2, 0) is 4.74 Å². The lowest BCUT2D eigenvalue weighted by molar-refractivity contribution is 0.0635. The van der Waals surface area contributed by atoms with E-state index in [1.807, 2.05) is 4.34 Å². The number of imidazole rings is 1. The summed E-state index contributed by atoms with van der Waals surface area (Å²) < 4.78 is 7.07. The summed E-state index contributed by atoms with van der Waals surface area (Å²) in [5, 5.41) is 2.59. The van der Waals surface area contributed by atoms with Crippen LogP contribution >= 0.6 is 28.4 Å². The summed E-state index contributed by atoms with van der Waals surface area (Å²) in [6.45, 7) is 5.40. The first-order valence-electron chi connectivity index (χ1n) is 5.45. The first-order chi connectivity index (χ1) is 8.90. The molecule has 2 aromatic heterocycles. The van der Waals surface area contributed by atoms with Crippen LogP contribution in [0.2, 0.25) is 0 Å². The Morgan fingerprint density at radius 3 is 2.79 bits per heavy atom.